The molecule has 5 nitrogen and oxygen atoms in total. The fourth-order valence-corrected chi connectivity index (χ4v) is 3.44. The van der Waals surface area contributed by atoms with Gasteiger partial charge in [-0.2, -0.15) is 0 Å². The molecule has 134 valence electrons. The highest BCUT2D eigenvalue weighted by atomic mass is 16.5. The van der Waals surface area contributed by atoms with Gasteiger partial charge in [-0.05, 0) is 61.9 Å². The average molecular weight is 349 g/mol. The van der Waals surface area contributed by atoms with Crippen molar-refractivity contribution >= 4 is 22.9 Å². The van der Waals surface area contributed by atoms with Crippen molar-refractivity contribution in [3.05, 3.63) is 54.1 Å². The number of ether oxygens (including phenoxy) is 1. The van der Waals surface area contributed by atoms with Crippen LogP contribution in [0.25, 0.3) is 11.0 Å². The summed E-state index contributed by atoms with van der Waals surface area (Å²) in [5, 5.41) is 2.84. The van der Waals surface area contributed by atoms with E-state index in [0.717, 1.165) is 35.2 Å². The van der Waals surface area contributed by atoms with Crippen molar-refractivity contribution in [2.75, 3.05) is 5.32 Å². The van der Waals surface area contributed by atoms with Crippen LogP contribution >= 0.6 is 0 Å². The van der Waals surface area contributed by atoms with Crippen molar-refractivity contribution < 1.29 is 9.53 Å². The van der Waals surface area contributed by atoms with Gasteiger partial charge in [0.1, 0.15) is 5.75 Å². The first-order valence-corrected chi connectivity index (χ1v) is 9.26. The molecule has 0 aliphatic heterocycles. The molecule has 3 aromatic rings. The van der Waals surface area contributed by atoms with E-state index in [1.54, 1.807) is 0 Å². The molecule has 1 fully saturated rings. The third kappa shape index (κ3) is 4.04. The second kappa shape index (κ2) is 7.60. The molecule has 0 atom stereocenters. The lowest BCUT2D eigenvalue weighted by atomic mass is 10.1. The number of aryl methyl sites for hydroxylation is 1. The topological polar surface area (TPSA) is 67.0 Å². The fraction of sp³-hybridized carbons (Fsp3) is 0.333. The lowest BCUT2D eigenvalue weighted by Crippen LogP contribution is -2.13. The number of fused-ring (bicyclic) bond motifs is 1. The molecule has 0 unspecified atom stereocenters. The first-order chi connectivity index (χ1) is 12.8. The van der Waals surface area contributed by atoms with Crippen molar-refractivity contribution in [2.45, 2.75) is 44.6 Å². The van der Waals surface area contributed by atoms with E-state index in [4.69, 9.17) is 4.74 Å². The van der Waals surface area contributed by atoms with E-state index < -0.39 is 0 Å². The van der Waals surface area contributed by atoms with Crippen LogP contribution in [0.4, 0.5) is 5.95 Å². The summed E-state index contributed by atoms with van der Waals surface area (Å²) >= 11 is 0. The Bertz CT molecular complexity index is 864. The molecular formula is C21H23N3O2. The average Bonchev–Trinajstić information content (AvgIpc) is 3.29. The molecule has 2 N–H and O–H groups in total. The van der Waals surface area contributed by atoms with E-state index in [1.165, 1.54) is 12.8 Å². The van der Waals surface area contributed by atoms with Crippen molar-refractivity contribution in [1.82, 2.24) is 9.97 Å². The van der Waals surface area contributed by atoms with Crippen LogP contribution < -0.4 is 10.1 Å². The number of para-hydroxylation sites is 2. The number of aromatic amines is 1. The van der Waals surface area contributed by atoms with Gasteiger partial charge >= 0.3 is 0 Å². The molecular weight excluding hydrogens is 326 g/mol. The molecule has 1 heterocycles. The molecule has 1 aromatic heterocycles. The van der Waals surface area contributed by atoms with Gasteiger partial charge < -0.3 is 9.72 Å². The summed E-state index contributed by atoms with van der Waals surface area (Å²) in [5.74, 6) is 1.35. The molecule has 4 rings (SSSR count). The fourth-order valence-electron chi connectivity index (χ4n) is 3.44. The number of benzene rings is 2. The first kappa shape index (κ1) is 16.6. The summed E-state index contributed by atoms with van der Waals surface area (Å²) in [7, 11) is 0. The highest BCUT2D eigenvalue weighted by Gasteiger charge is 2.16. The predicted molar refractivity (Wildman–Crippen MR) is 102 cm³/mol. The maximum Gasteiger partial charge on any atom is 0.227 e. The smallest absolute Gasteiger partial charge is 0.227 e. The van der Waals surface area contributed by atoms with Gasteiger partial charge in [-0.15, -0.1) is 0 Å². The minimum Gasteiger partial charge on any atom is -0.490 e. The molecule has 1 amide bonds. The van der Waals surface area contributed by atoms with Crippen molar-refractivity contribution in [1.29, 1.82) is 0 Å². The van der Waals surface area contributed by atoms with E-state index in [1.807, 2.05) is 48.5 Å². The number of hydrogen-bond donors (Lipinski definition) is 2. The van der Waals surface area contributed by atoms with Crippen LogP contribution in [-0.2, 0) is 11.2 Å². The minimum absolute atomic E-state index is 0.0498. The zero-order valence-corrected chi connectivity index (χ0v) is 14.7. The van der Waals surface area contributed by atoms with Crippen LogP contribution in [0, 0.1) is 0 Å². The van der Waals surface area contributed by atoms with Crippen LogP contribution in [0.3, 0.4) is 0 Å². The molecule has 0 saturated heterocycles. The predicted octanol–water partition coefficient (Wildman–Crippen LogP) is 4.46. The number of H-pyrrole nitrogens is 1. The van der Waals surface area contributed by atoms with Gasteiger partial charge in [0.15, 0.2) is 0 Å². The van der Waals surface area contributed by atoms with Crippen LogP contribution in [0.1, 0.15) is 37.7 Å². The molecule has 1 aliphatic rings. The third-order valence-corrected chi connectivity index (χ3v) is 4.79. The lowest BCUT2D eigenvalue weighted by Gasteiger charge is -2.13. The number of imidazole rings is 1. The van der Waals surface area contributed by atoms with E-state index in [9.17, 15) is 4.79 Å². The summed E-state index contributed by atoms with van der Waals surface area (Å²) in [6, 6.07) is 15.8. The lowest BCUT2D eigenvalue weighted by molar-refractivity contribution is -0.116. The van der Waals surface area contributed by atoms with E-state index in [-0.39, 0.29) is 5.91 Å². The largest absolute Gasteiger partial charge is 0.490 e. The number of aromatic nitrogens is 2. The number of hydrogen-bond acceptors (Lipinski definition) is 3. The Hall–Kier alpha value is -2.82. The molecule has 26 heavy (non-hydrogen) atoms. The van der Waals surface area contributed by atoms with Gasteiger partial charge in [0, 0.05) is 6.42 Å². The molecule has 5 heteroatoms. The highest BCUT2D eigenvalue weighted by Crippen LogP contribution is 2.25. The zero-order valence-electron chi connectivity index (χ0n) is 14.7. The maximum atomic E-state index is 12.2. The summed E-state index contributed by atoms with van der Waals surface area (Å²) in [6.07, 6.45) is 6.23. The van der Waals surface area contributed by atoms with Crippen LogP contribution in [-0.4, -0.2) is 22.0 Å². The second-order valence-electron chi connectivity index (χ2n) is 6.82. The number of carbonyl (C=O) groups is 1. The Kier molecular flexibility index (Phi) is 4.86. The standard InChI is InChI=1S/C21H23N3O2/c25-20(24-21-22-18-10-3-4-11-19(18)23-21)13-12-15-6-5-9-17(14-15)26-16-7-1-2-8-16/h3-6,9-11,14,16H,1-2,7-8,12-13H2,(H2,22,23,24,25). The summed E-state index contributed by atoms with van der Waals surface area (Å²) in [6.45, 7) is 0. The zero-order chi connectivity index (χ0) is 17.8. The van der Waals surface area contributed by atoms with E-state index >= 15 is 0 Å². The molecule has 0 spiro atoms. The molecule has 2 aromatic carbocycles. The Morgan fingerprint density at radius 1 is 1.15 bits per heavy atom. The highest BCUT2D eigenvalue weighted by molar-refractivity contribution is 5.91. The van der Waals surface area contributed by atoms with Crippen LogP contribution in [0.5, 0.6) is 5.75 Å². The van der Waals surface area contributed by atoms with Gasteiger partial charge in [-0.1, -0.05) is 24.3 Å². The molecule has 0 radical (unpaired) electrons. The molecule has 1 aliphatic carbocycles. The van der Waals surface area contributed by atoms with Gasteiger partial charge in [0.2, 0.25) is 11.9 Å². The van der Waals surface area contributed by atoms with E-state index in [0.29, 0.717) is 24.9 Å². The summed E-state index contributed by atoms with van der Waals surface area (Å²) in [4.78, 5) is 19.7. The first-order valence-electron chi connectivity index (χ1n) is 9.26. The van der Waals surface area contributed by atoms with Gasteiger partial charge in [-0.25, -0.2) is 4.98 Å². The van der Waals surface area contributed by atoms with E-state index in [2.05, 4.69) is 15.3 Å². The number of amides is 1. The Morgan fingerprint density at radius 3 is 2.85 bits per heavy atom. The SMILES string of the molecule is O=C(CCc1cccc(OC2CCCC2)c1)Nc1nc2ccccc2[nH]1. The van der Waals surface area contributed by atoms with Crippen molar-refractivity contribution in [2.24, 2.45) is 0 Å². The van der Waals surface area contributed by atoms with Gasteiger partial charge in [0.05, 0.1) is 17.1 Å². The quantitative estimate of drug-likeness (QED) is 0.690. The van der Waals surface area contributed by atoms with Crippen LogP contribution in [0.15, 0.2) is 48.5 Å². The number of anilines is 1. The Balaban J connectivity index is 1.32. The van der Waals surface area contributed by atoms with Crippen molar-refractivity contribution in [3.63, 3.8) is 0 Å². The third-order valence-electron chi connectivity index (χ3n) is 4.79. The number of nitrogens with zero attached hydrogens (tertiary/aromatic N) is 1. The molecule has 1 saturated carbocycles. The Labute approximate surface area is 152 Å². The monoisotopic (exact) mass is 349 g/mol. The normalized spacial score (nSPS) is 14.6. The minimum atomic E-state index is -0.0498. The van der Waals surface area contributed by atoms with Gasteiger partial charge in [0.25, 0.3) is 0 Å². The summed E-state index contributed by atoms with van der Waals surface area (Å²) in [5.41, 5.74) is 2.87. The Morgan fingerprint density at radius 2 is 2.00 bits per heavy atom. The van der Waals surface area contributed by atoms with Crippen molar-refractivity contribution in [3.8, 4) is 5.75 Å². The second-order valence-corrected chi connectivity index (χ2v) is 6.82. The number of nitrogens with one attached hydrogen (secondary N) is 2. The summed E-state index contributed by atoms with van der Waals surface area (Å²) < 4.78 is 6.04. The maximum absolute atomic E-state index is 12.2. The number of rotatable bonds is 6. The van der Waals surface area contributed by atoms with Gasteiger partial charge in [-0.3, -0.25) is 10.1 Å². The number of carbonyl (C=O) groups excluding carboxylic acids is 1. The molecule has 0 bridgehead atoms. The van der Waals surface area contributed by atoms with Crippen LogP contribution in [0.2, 0.25) is 0 Å².